The van der Waals surface area contributed by atoms with E-state index >= 15 is 0 Å². The molecule has 2 unspecified atom stereocenters. The number of hydrogen-bond acceptors (Lipinski definition) is 7. The lowest BCUT2D eigenvalue weighted by Crippen LogP contribution is -2.54. The summed E-state index contributed by atoms with van der Waals surface area (Å²) in [5.74, 6) is 4.13. The highest BCUT2D eigenvalue weighted by Gasteiger charge is 2.46. The fourth-order valence-corrected chi connectivity index (χ4v) is 3.59. The van der Waals surface area contributed by atoms with Crippen molar-refractivity contribution in [1.82, 2.24) is 15.5 Å². The van der Waals surface area contributed by atoms with E-state index in [1.165, 1.54) is 12.2 Å². The maximum atomic E-state index is 13.0. The van der Waals surface area contributed by atoms with Gasteiger partial charge in [0.15, 0.2) is 6.10 Å². The second-order valence-corrected chi connectivity index (χ2v) is 7.60. The van der Waals surface area contributed by atoms with Gasteiger partial charge in [-0.3, -0.25) is 14.4 Å². The smallest absolute Gasteiger partial charge is 0.377 e. The summed E-state index contributed by atoms with van der Waals surface area (Å²) in [4.78, 5) is 31.0. The van der Waals surface area contributed by atoms with E-state index in [0.29, 0.717) is 18.7 Å². The van der Waals surface area contributed by atoms with E-state index in [9.17, 15) is 22.8 Å². The van der Waals surface area contributed by atoms with E-state index in [2.05, 4.69) is 15.5 Å². The van der Waals surface area contributed by atoms with Gasteiger partial charge in [0.25, 0.3) is 11.8 Å². The molecule has 33 heavy (non-hydrogen) atoms. The number of carbonyl (C=O) groups excluding carboxylic acids is 2. The van der Waals surface area contributed by atoms with Gasteiger partial charge < -0.3 is 26.0 Å². The predicted molar refractivity (Wildman–Crippen MR) is 112 cm³/mol. The molecule has 0 radical (unpaired) electrons. The van der Waals surface area contributed by atoms with Gasteiger partial charge in [-0.25, -0.2) is 5.90 Å². The number of dihydropyridines is 1. The van der Waals surface area contributed by atoms with Gasteiger partial charge >= 0.3 is 6.18 Å². The van der Waals surface area contributed by atoms with Crippen molar-refractivity contribution in [2.24, 2.45) is 11.6 Å². The van der Waals surface area contributed by atoms with E-state index in [4.69, 9.17) is 16.4 Å². The number of ether oxygens (including phenoxy) is 1. The van der Waals surface area contributed by atoms with E-state index in [1.807, 2.05) is 6.07 Å². The number of morpholine rings is 1. The number of amides is 2. The Morgan fingerprint density at radius 3 is 2.61 bits per heavy atom. The number of allylic oxidation sites excluding steroid dienone is 2. The summed E-state index contributed by atoms with van der Waals surface area (Å²) in [6.45, 7) is 1.12. The first-order valence-electron chi connectivity index (χ1n) is 10.3. The zero-order valence-electron chi connectivity index (χ0n) is 17.7. The van der Waals surface area contributed by atoms with Gasteiger partial charge in [0.1, 0.15) is 5.70 Å². The van der Waals surface area contributed by atoms with Gasteiger partial charge in [0.05, 0.1) is 25.3 Å². The lowest BCUT2D eigenvalue weighted by Gasteiger charge is -2.36. The fourth-order valence-electron chi connectivity index (χ4n) is 3.59. The largest absolute Gasteiger partial charge is 0.418 e. The molecule has 1 aromatic carbocycles. The summed E-state index contributed by atoms with van der Waals surface area (Å²) in [6.07, 6.45) is -4.43. The van der Waals surface area contributed by atoms with Crippen molar-refractivity contribution in [1.29, 1.82) is 0 Å². The van der Waals surface area contributed by atoms with Crippen LogP contribution in [-0.2, 0) is 14.4 Å². The van der Waals surface area contributed by atoms with Gasteiger partial charge in [-0.2, -0.15) is 13.2 Å². The molecule has 2 aliphatic heterocycles. The molecule has 0 aliphatic carbocycles. The van der Waals surface area contributed by atoms with Crippen LogP contribution in [0.25, 0.3) is 0 Å². The number of nitrogens with zero attached hydrogens (tertiary/aromatic N) is 1. The average Bonchev–Trinajstić information content (AvgIpc) is 2.82. The Labute approximate surface area is 188 Å². The zero-order chi connectivity index (χ0) is 24.0. The summed E-state index contributed by atoms with van der Waals surface area (Å²) < 4.78 is 44.3. The first-order chi connectivity index (χ1) is 15.7. The normalized spacial score (nSPS) is 20.8. The number of halogens is 3. The average molecular weight is 469 g/mol. The number of alkyl halides is 3. The van der Waals surface area contributed by atoms with Crippen LogP contribution in [-0.4, -0.2) is 73.9 Å². The molecule has 2 amide bonds. The Bertz CT molecular complexity index is 907. The zero-order valence-corrected chi connectivity index (χ0v) is 17.7. The van der Waals surface area contributed by atoms with Gasteiger partial charge in [-0.1, -0.05) is 24.3 Å². The molecule has 0 aromatic heterocycles. The van der Waals surface area contributed by atoms with Crippen molar-refractivity contribution in [3.8, 4) is 0 Å². The summed E-state index contributed by atoms with van der Waals surface area (Å²) in [7, 11) is 0. The maximum Gasteiger partial charge on any atom is 0.418 e. The van der Waals surface area contributed by atoms with E-state index < -0.39 is 24.2 Å². The third kappa shape index (κ3) is 6.11. The van der Waals surface area contributed by atoms with Crippen molar-refractivity contribution >= 4 is 11.8 Å². The van der Waals surface area contributed by atoms with Crippen LogP contribution < -0.4 is 22.3 Å². The minimum absolute atomic E-state index is 0.0818. The molecule has 0 saturated carbocycles. The first kappa shape index (κ1) is 24.7. The van der Waals surface area contributed by atoms with E-state index in [1.54, 1.807) is 29.2 Å². The van der Waals surface area contributed by atoms with Crippen LogP contribution in [0.4, 0.5) is 13.2 Å². The molecule has 180 valence electrons. The second kappa shape index (κ2) is 10.8. The van der Waals surface area contributed by atoms with E-state index in [0.717, 1.165) is 0 Å². The molecular weight excluding hydrogens is 443 g/mol. The van der Waals surface area contributed by atoms with Gasteiger partial charge in [-0.05, 0) is 23.8 Å². The van der Waals surface area contributed by atoms with Crippen LogP contribution in [0, 0.1) is 0 Å². The highest BCUT2D eigenvalue weighted by Crippen LogP contribution is 2.26. The van der Waals surface area contributed by atoms with Crippen LogP contribution in [0.15, 0.2) is 53.8 Å². The molecule has 2 aliphatic rings. The molecule has 0 bridgehead atoms. The second-order valence-electron chi connectivity index (χ2n) is 7.60. The summed E-state index contributed by atoms with van der Waals surface area (Å²) in [5.41, 5.74) is 6.52. The van der Waals surface area contributed by atoms with Crippen LogP contribution in [0.1, 0.15) is 10.4 Å². The number of nitrogens with one attached hydrogen (secondary N) is 2. The Kier molecular flexibility index (Phi) is 8.08. The first-order valence-corrected chi connectivity index (χ1v) is 10.3. The molecule has 0 spiro atoms. The molecule has 3 rings (SSSR count). The molecule has 1 fully saturated rings. The topological polar surface area (TPSA) is 132 Å². The fraction of sp³-hybridized carbons (Fsp3) is 0.429. The Morgan fingerprint density at radius 2 is 2.00 bits per heavy atom. The van der Waals surface area contributed by atoms with E-state index in [-0.39, 0.29) is 42.9 Å². The van der Waals surface area contributed by atoms with Gasteiger partial charge in [-0.15, -0.1) is 0 Å². The standard InChI is InChI=1S/C21H26F3N5O4/c22-21(23,24)18(33-26)17(25)14-6-7-16(27-10-14)19(30)28-11-15-12-32-9-8-29(15)20(31)13-4-2-1-3-5-13/h1-7,15,17-18,27H,8-12,25-26H2,(H,28,30)/t15?,17?,18-/m1/s1. The summed E-state index contributed by atoms with van der Waals surface area (Å²) in [5, 5.41) is 5.48. The molecule has 2 heterocycles. The maximum absolute atomic E-state index is 13.0. The lowest BCUT2D eigenvalue weighted by molar-refractivity contribution is -0.225. The number of hydrogen-bond donors (Lipinski definition) is 4. The number of carbonyl (C=O) groups is 2. The Hall–Kier alpha value is -2.93. The van der Waals surface area contributed by atoms with Crippen LogP contribution in [0.3, 0.4) is 0 Å². The Morgan fingerprint density at radius 1 is 1.27 bits per heavy atom. The highest BCUT2D eigenvalue weighted by atomic mass is 19.4. The predicted octanol–water partition coefficient (Wildman–Crippen LogP) is 0.206. The minimum atomic E-state index is -4.73. The minimum Gasteiger partial charge on any atom is -0.377 e. The molecule has 3 atom stereocenters. The molecular formula is C21H26F3N5O4. The lowest BCUT2D eigenvalue weighted by atomic mass is 9.99. The van der Waals surface area contributed by atoms with Crippen molar-refractivity contribution in [3.05, 3.63) is 59.3 Å². The molecule has 12 heteroatoms. The third-order valence-electron chi connectivity index (χ3n) is 5.42. The van der Waals surface area contributed by atoms with Crippen LogP contribution in [0.5, 0.6) is 0 Å². The molecule has 9 nitrogen and oxygen atoms in total. The molecule has 1 aromatic rings. The van der Waals surface area contributed by atoms with Crippen molar-refractivity contribution in [2.75, 3.05) is 32.8 Å². The summed E-state index contributed by atoms with van der Waals surface area (Å²) >= 11 is 0. The van der Waals surface area contributed by atoms with Crippen LogP contribution >= 0.6 is 0 Å². The quantitative estimate of drug-likeness (QED) is 0.420. The van der Waals surface area contributed by atoms with Crippen molar-refractivity contribution < 1.29 is 32.3 Å². The molecule has 1 saturated heterocycles. The van der Waals surface area contributed by atoms with Crippen molar-refractivity contribution in [2.45, 2.75) is 24.4 Å². The highest BCUT2D eigenvalue weighted by molar-refractivity contribution is 5.95. The van der Waals surface area contributed by atoms with Gasteiger partial charge in [0, 0.05) is 25.2 Å². The monoisotopic (exact) mass is 469 g/mol. The number of rotatable bonds is 7. The Balaban J connectivity index is 1.60. The molecule has 6 N–H and O–H groups in total. The van der Waals surface area contributed by atoms with Gasteiger partial charge in [0.2, 0.25) is 0 Å². The van der Waals surface area contributed by atoms with Crippen molar-refractivity contribution in [3.63, 3.8) is 0 Å². The van der Waals surface area contributed by atoms with Crippen LogP contribution in [0.2, 0.25) is 0 Å². The SMILES string of the molecule is NO[C@H](C(N)C1=CC=C(C(=O)NCC2COCCN2C(=O)c2ccccc2)NC1)C(F)(F)F. The number of benzene rings is 1. The summed E-state index contributed by atoms with van der Waals surface area (Å²) in [6, 6.07) is 6.91. The number of nitrogens with two attached hydrogens (primary N) is 2. The third-order valence-corrected chi connectivity index (χ3v) is 5.42.